The minimum Gasteiger partial charge on any atom is -0.441 e. The summed E-state index contributed by atoms with van der Waals surface area (Å²) >= 11 is 0. The highest BCUT2D eigenvalue weighted by Crippen LogP contribution is 2.21. The van der Waals surface area contributed by atoms with E-state index in [1.54, 1.807) is 49.5 Å². The summed E-state index contributed by atoms with van der Waals surface area (Å²) in [6.07, 6.45) is 2.21. The summed E-state index contributed by atoms with van der Waals surface area (Å²) in [5.41, 5.74) is 2.24. The molecule has 0 radical (unpaired) electrons. The van der Waals surface area contributed by atoms with Gasteiger partial charge in [0.15, 0.2) is 11.7 Å². The van der Waals surface area contributed by atoms with E-state index >= 15 is 0 Å². The van der Waals surface area contributed by atoms with E-state index in [1.165, 1.54) is 12.1 Å². The molecule has 0 aliphatic carbocycles. The Hall–Kier alpha value is -3.48. The number of amides is 2. The van der Waals surface area contributed by atoms with Gasteiger partial charge in [-0.05, 0) is 42.0 Å². The lowest BCUT2D eigenvalue weighted by molar-refractivity contribution is -0.130. The number of rotatable bonds is 7. The first kappa shape index (κ1) is 20.3. The summed E-state index contributed by atoms with van der Waals surface area (Å²) in [4.78, 5) is 29.8. The lowest BCUT2D eigenvalue weighted by Gasteiger charge is -2.17. The average Bonchev–Trinajstić information content (AvgIpc) is 3.21. The van der Waals surface area contributed by atoms with E-state index in [2.05, 4.69) is 10.3 Å². The average molecular weight is 395 g/mol. The van der Waals surface area contributed by atoms with Gasteiger partial charge in [-0.2, -0.15) is 0 Å². The fraction of sp³-hybridized carbons (Fsp3) is 0.227. The smallest absolute Gasteiger partial charge is 0.251 e. The Morgan fingerprint density at radius 3 is 2.45 bits per heavy atom. The van der Waals surface area contributed by atoms with Crippen molar-refractivity contribution in [2.75, 3.05) is 14.1 Å². The molecule has 1 heterocycles. The summed E-state index contributed by atoms with van der Waals surface area (Å²) in [5, 5.41) is 2.57. The molecule has 3 aromatic rings. The molecule has 0 fully saturated rings. The van der Waals surface area contributed by atoms with Crippen LogP contribution in [0.15, 0.2) is 59.1 Å². The normalized spacial score (nSPS) is 10.6. The highest BCUT2D eigenvalue weighted by molar-refractivity contribution is 5.93. The van der Waals surface area contributed by atoms with Crippen LogP contribution in [0.4, 0.5) is 4.39 Å². The molecule has 0 bridgehead atoms. The third kappa shape index (κ3) is 5.28. The number of aromatic nitrogens is 1. The zero-order valence-electron chi connectivity index (χ0n) is 16.3. The van der Waals surface area contributed by atoms with Gasteiger partial charge in [-0.3, -0.25) is 9.59 Å². The molecule has 2 aromatic carbocycles. The summed E-state index contributed by atoms with van der Waals surface area (Å²) in [5.74, 6) is 0.497. The van der Waals surface area contributed by atoms with E-state index in [1.807, 2.05) is 12.1 Å². The van der Waals surface area contributed by atoms with Crippen LogP contribution in [0.5, 0.6) is 0 Å². The maximum absolute atomic E-state index is 13.0. The quantitative estimate of drug-likeness (QED) is 0.665. The first-order valence-electron chi connectivity index (χ1n) is 9.22. The Bertz CT molecular complexity index is 981. The van der Waals surface area contributed by atoms with Crippen molar-refractivity contribution >= 4 is 11.8 Å². The van der Waals surface area contributed by atoms with Gasteiger partial charge < -0.3 is 14.6 Å². The number of benzene rings is 2. The van der Waals surface area contributed by atoms with Crippen LogP contribution >= 0.6 is 0 Å². The molecule has 1 N–H and O–H groups in total. The molecule has 0 saturated carbocycles. The van der Waals surface area contributed by atoms with Crippen molar-refractivity contribution < 1.29 is 18.4 Å². The molecule has 2 amide bonds. The Labute approximate surface area is 168 Å². The topological polar surface area (TPSA) is 75.4 Å². The van der Waals surface area contributed by atoms with Crippen LogP contribution in [0.2, 0.25) is 0 Å². The van der Waals surface area contributed by atoms with Crippen LogP contribution in [0.3, 0.4) is 0 Å². The van der Waals surface area contributed by atoms with Gasteiger partial charge in [0.2, 0.25) is 5.91 Å². The second-order valence-corrected chi connectivity index (χ2v) is 6.65. The molecule has 0 aliphatic rings. The van der Waals surface area contributed by atoms with Crippen LogP contribution in [-0.4, -0.2) is 35.8 Å². The van der Waals surface area contributed by atoms with Crippen molar-refractivity contribution in [2.24, 2.45) is 0 Å². The summed E-state index contributed by atoms with van der Waals surface area (Å²) in [6.45, 7) is 0.444. The van der Waals surface area contributed by atoms with Crippen molar-refractivity contribution in [3.8, 4) is 11.3 Å². The van der Waals surface area contributed by atoms with E-state index in [0.29, 0.717) is 30.2 Å². The number of nitrogens with one attached hydrogen (secondary N) is 1. The van der Waals surface area contributed by atoms with Crippen molar-refractivity contribution in [1.82, 2.24) is 15.2 Å². The van der Waals surface area contributed by atoms with Gasteiger partial charge in [-0.1, -0.05) is 12.1 Å². The Morgan fingerprint density at radius 1 is 1.10 bits per heavy atom. The van der Waals surface area contributed by atoms with Gasteiger partial charge in [0, 0.05) is 44.6 Å². The van der Waals surface area contributed by atoms with Crippen LogP contribution in [0.1, 0.15) is 28.2 Å². The molecule has 29 heavy (non-hydrogen) atoms. The molecule has 0 aliphatic heterocycles. The SMILES string of the molecule is CNC(=O)c1ccc(CN(C)C(=O)CCc2ncc(-c3ccc(F)cc3)o2)cc1. The van der Waals surface area contributed by atoms with Crippen molar-refractivity contribution in [3.63, 3.8) is 0 Å². The Balaban J connectivity index is 1.52. The number of carbonyl (C=O) groups excluding carboxylic acids is 2. The van der Waals surface area contributed by atoms with Gasteiger partial charge in [0.25, 0.3) is 5.91 Å². The number of hydrogen-bond donors (Lipinski definition) is 1. The van der Waals surface area contributed by atoms with E-state index in [9.17, 15) is 14.0 Å². The number of hydrogen-bond acceptors (Lipinski definition) is 4. The van der Waals surface area contributed by atoms with Crippen molar-refractivity contribution in [2.45, 2.75) is 19.4 Å². The molecule has 0 saturated heterocycles. The largest absolute Gasteiger partial charge is 0.441 e. The molecule has 0 spiro atoms. The number of halogens is 1. The Morgan fingerprint density at radius 2 is 1.79 bits per heavy atom. The fourth-order valence-electron chi connectivity index (χ4n) is 2.85. The second kappa shape index (κ2) is 9.14. The predicted octanol–water partition coefficient (Wildman–Crippen LogP) is 3.43. The maximum atomic E-state index is 13.0. The summed E-state index contributed by atoms with van der Waals surface area (Å²) in [7, 11) is 3.31. The summed E-state index contributed by atoms with van der Waals surface area (Å²) < 4.78 is 18.7. The highest BCUT2D eigenvalue weighted by Gasteiger charge is 2.13. The predicted molar refractivity (Wildman–Crippen MR) is 107 cm³/mol. The van der Waals surface area contributed by atoms with Crippen molar-refractivity contribution in [3.05, 3.63) is 77.6 Å². The van der Waals surface area contributed by atoms with E-state index in [0.717, 1.165) is 11.1 Å². The third-order valence-electron chi connectivity index (χ3n) is 4.52. The zero-order valence-corrected chi connectivity index (χ0v) is 16.3. The van der Waals surface area contributed by atoms with Gasteiger partial charge in [-0.15, -0.1) is 0 Å². The third-order valence-corrected chi connectivity index (χ3v) is 4.52. The van der Waals surface area contributed by atoms with Gasteiger partial charge in [-0.25, -0.2) is 9.37 Å². The highest BCUT2D eigenvalue weighted by atomic mass is 19.1. The molecule has 1 aromatic heterocycles. The van der Waals surface area contributed by atoms with Gasteiger partial charge in [0.1, 0.15) is 5.82 Å². The minimum atomic E-state index is -0.314. The minimum absolute atomic E-state index is 0.0399. The van der Waals surface area contributed by atoms with Crippen LogP contribution in [0.25, 0.3) is 11.3 Å². The summed E-state index contributed by atoms with van der Waals surface area (Å²) in [6, 6.07) is 13.1. The molecular formula is C22H22FN3O3. The molecule has 7 heteroatoms. The number of carbonyl (C=O) groups is 2. The molecule has 0 atom stereocenters. The second-order valence-electron chi connectivity index (χ2n) is 6.65. The molecule has 6 nitrogen and oxygen atoms in total. The molecule has 150 valence electrons. The van der Waals surface area contributed by atoms with Crippen LogP contribution in [0, 0.1) is 5.82 Å². The van der Waals surface area contributed by atoms with E-state index in [-0.39, 0.29) is 24.1 Å². The standard InChI is InChI=1S/C22H22FN3O3/c1-24-22(28)17-5-3-15(4-6-17)14-26(2)21(27)12-11-20-25-13-19(29-20)16-7-9-18(23)10-8-16/h3-10,13H,11-12,14H2,1-2H3,(H,24,28). The lowest BCUT2D eigenvalue weighted by Crippen LogP contribution is -2.26. The van der Waals surface area contributed by atoms with Crippen LogP contribution < -0.4 is 5.32 Å². The monoisotopic (exact) mass is 395 g/mol. The van der Waals surface area contributed by atoms with Crippen LogP contribution in [-0.2, 0) is 17.8 Å². The molecular weight excluding hydrogens is 373 g/mol. The number of aryl methyl sites for hydroxylation is 1. The number of nitrogens with zero attached hydrogens (tertiary/aromatic N) is 2. The first-order chi connectivity index (χ1) is 14.0. The molecule has 0 unspecified atom stereocenters. The van der Waals surface area contributed by atoms with Gasteiger partial charge >= 0.3 is 0 Å². The maximum Gasteiger partial charge on any atom is 0.251 e. The Kier molecular flexibility index (Phi) is 6.39. The van der Waals surface area contributed by atoms with E-state index in [4.69, 9.17) is 4.42 Å². The van der Waals surface area contributed by atoms with E-state index < -0.39 is 0 Å². The molecule has 3 rings (SSSR count). The zero-order chi connectivity index (χ0) is 20.8. The number of oxazole rings is 1. The van der Waals surface area contributed by atoms with Gasteiger partial charge in [0.05, 0.1) is 6.20 Å². The first-order valence-corrected chi connectivity index (χ1v) is 9.22. The van der Waals surface area contributed by atoms with Crippen molar-refractivity contribution in [1.29, 1.82) is 0 Å². The lowest BCUT2D eigenvalue weighted by atomic mass is 10.1. The fourth-order valence-corrected chi connectivity index (χ4v) is 2.85.